The first kappa shape index (κ1) is 13.4. The Morgan fingerprint density at radius 1 is 1.47 bits per heavy atom. The summed E-state index contributed by atoms with van der Waals surface area (Å²) in [4.78, 5) is 14.2. The summed E-state index contributed by atoms with van der Waals surface area (Å²) < 4.78 is 0. The van der Waals surface area contributed by atoms with Gasteiger partial charge >= 0.3 is 5.97 Å². The van der Waals surface area contributed by atoms with E-state index >= 15 is 0 Å². The Labute approximate surface area is 111 Å². The third kappa shape index (κ3) is 2.86. The highest BCUT2D eigenvalue weighted by Crippen LogP contribution is 2.29. The Bertz CT molecular complexity index is 525. The Kier molecular flexibility index (Phi) is 4.04. The smallest absolute Gasteiger partial charge is 0.324 e. The molecular weight excluding hydrogens is 244 g/mol. The molecule has 0 bridgehead atoms. The minimum Gasteiger partial charge on any atom is -0.480 e. The Hall–Kier alpha value is -2.04. The lowest BCUT2D eigenvalue weighted by Crippen LogP contribution is -2.56. The molecule has 1 aromatic carbocycles. The SMILES string of the molecule is [N-]=[N+]=NCCNC1(C(=O)O)CCc2ccccc2C1. The van der Waals surface area contributed by atoms with Gasteiger partial charge in [-0.05, 0) is 29.5 Å². The van der Waals surface area contributed by atoms with Gasteiger partial charge in [-0.3, -0.25) is 4.79 Å². The van der Waals surface area contributed by atoms with E-state index in [-0.39, 0.29) is 6.54 Å². The van der Waals surface area contributed by atoms with Crippen LogP contribution in [0.2, 0.25) is 0 Å². The van der Waals surface area contributed by atoms with Crippen molar-refractivity contribution in [1.82, 2.24) is 5.32 Å². The Balaban J connectivity index is 2.14. The number of benzene rings is 1. The summed E-state index contributed by atoms with van der Waals surface area (Å²) in [5.41, 5.74) is 9.57. The van der Waals surface area contributed by atoms with E-state index in [4.69, 9.17) is 5.53 Å². The number of aliphatic carboxylic acids is 1. The Morgan fingerprint density at radius 2 is 2.21 bits per heavy atom. The molecule has 1 atom stereocenters. The number of carbonyl (C=O) groups is 1. The van der Waals surface area contributed by atoms with Crippen molar-refractivity contribution in [3.05, 3.63) is 45.8 Å². The third-order valence-electron chi connectivity index (χ3n) is 3.58. The standard InChI is InChI=1S/C13H16N4O2/c14-17-16-8-7-15-13(12(18)19)6-5-10-3-1-2-4-11(10)9-13/h1-4,15H,5-9H2,(H,18,19). The van der Waals surface area contributed by atoms with Gasteiger partial charge in [0.25, 0.3) is 0 Å². The molecule has 19 heavy (non-hydrogen) atoms. The lowest BCUT2D eigenvalue weighted by molar-refractivity contribution is -0.145. The largest absolute Gasteiger partial charge is 0.480 e. The van der Waals surface area contributed by atoms with Gasteiger partial charge in [-0.1, -0.05) is 29.4 Å². The maximum absolute atomic E-state index is 11.6. The molecule has 0 aromatic heterocycles. The molecule has 2 rings (SSSR count). The van der Waals surface area contributed by atoms with Crippen molar-refractivity contribution in [2.45, 2.75) is 24.8 Å². The maximum atomic E-state index is 11.6. The quantitative estimate of drug-likeness (QED) is 0.366. The van der Waals surface area contributed by atoms with E-state index in [1.807, 2.05) is 24.3 Å². The fourth-order valence-corrected chi connectivity index (χ4v) is 2.53. The van der Waals surface area contributed by atoms with Gasteiger partial charge < -0.3 is 10.4 Å². The molecular formula is C13H16N4O2. The number of hydrogen-bond acceptors (Lipinski definition) is 3. The highest BCUT2D eigenvalue weighted by Gasteiger charge is 2.40. The van der Waals surface area contributed by atoms with Crippen molar-refractivity contribution >= 4 is 5.97 Å². The highest BCUT2D eigenvalue weighted by atomic mass is 16.4. The van der Waals surface area contributed by atoms with Gasteiger partial charge in [0.1, 0.15) is 5.54 Å². The van der Waals surface area contributed by atoms with Crippen molar-refractivity contribution in [3.8, 4) is 0 Å². The molecule has 0 aliphatic heterocycles. The second-order valence-electron chi connectivity index (χ2n) is 4.71. The summed E-state index contributed by atoms with van der Waals surface area (Å²) in [5.74, 6) is -0.844. The number of rotatable bonds is 5. The molecule has 0 fully saturated rings. The summed E-state index contributed by atoms with van der Waals surface area (Å²) in [6, 6.07) is 7.92. The molecule has 1 aromatic rings. The molecule has 0 heterocycles. The molecule has 1 unspecified atom stereocenters. The first-order valence-corrected chi connectivity index (χ1v) is 6.24. The summed E-state index contributed by atoms with van der Waals surface area (Å²) in [7, 11) is 0. The van der Waals surface area contributed by atoms with Crippen LogP contribution in [0.4, 0.5) is 0 Å². The van der Waals surface area contributed by atoms with Crippen LogP contribution < -0.4 is 5.32 Å². The van der Waals surface area contributed by atoms with Gasteiger partial charge in [0.15, 0.2) is 0 Å². The van der Waals surface area contributed by atoms with Crippen LogP contribution in [0.15, 0.2) is 29.4 Å². The Morgan fingerprint density at radius 3 is 2.89 bits per heavy atom. The molecule has 0 spiro atoms. The fraction of sp³-hybridized carbons (Fsp3) is 0.462. The van der Waals surface area contributed by atoms with Gasteiger partial charge in [-0.15, -0.1) is 0 Å². The average Bonchev–Trinajstić information content (AvgIpc) is 2.43. The zero-order valence-corrected chi connectivity index (χ0v) is 10.5. The van der Waals surface area contributed by atoms with Gasteiger partial charge in [0.05, 0.1) is 0 Å². The van der Waals surface area contributed by atoms with Crippen molar-refractivity contribution in [3.63, 3.8) is 0 Å². The number of carboxylic acid groups (broad SMARTS) is 1. The van der Waals surface area contributed by atoms with E-state index in [9.17, 15) is 9.90 Å². The van der Waals surface area contributed by atoms with Crippen molar-refractivity contribution < 1.29 is 9.90 Å². The topological polar surface area (TPSA) is 98.1 Å². The van der Waals surface area contributed by atoms with Crippen LogP contribution in [0.1, 0.15) is 17.5 Å². The molecule has 0 radical (unpaired) electrons. The van der Waals surface area contributed by atoms with Gasteiger partial charge in [-0.2, -0.15) is 0 Å². The van der Waals surface area contributed by atoms with Crippen LogP contribution in [0.25, 0.3) is 10.4 Å². The molecule has 100 valence electrons. The number of nitrogens with zero attached hydrogens (tertiary/aromatic N) is 3. The van der Waals surface area contributed by atoms with Crippen LogP contribution in [-0.4, -0.2) is 29.7 Å². The molecule has 0 amide bonds. The van der Waals surface area contributed by atoms with Crippen LogP contribution >= 0.6 is 0 Å². The van der Waals surface area contributed by atoms with E-state index in [2.05, 4.69) is 15.3 Å². The van der Waals surface area contributed by atoms with E-state index in [0.29, 0.717) is 19.4 Å². The maximum Gasteiger partial charge on any atom is 0.324 e. The summed E-state index contributed by atoms with van der Waals surface area (Å²) >= 11 is 0. The predicted molar refractivity (Wildman–Crippen MR) is 70.8 cm³/mol. The van der Waals surface area contributed by atoms with Crippen LogP contribution in [0, 0.1) is 0 Å². The first-order chi connectivity index (χ1) is 9.18. The molecule has 6 nitrogen and oxygen atoms in total. The molecule has 1 aliphatic rings. The fourth-order valence-electron chi connectivity index (χ4n) is 2.53. The van der Waals surface area contributed by atoms with Crippen LogP contribution in [-0.2, 0) is 17.6 Å². The second-order valence-corrected chi connectivity index (χ2v) is 4.71. The normalized spacial score (nSPS) is 21.3. The third-order valence-corrected chi connectivity index (χ3v) is 3.58. The second kappa shape index (κ2) is 5.73. The van der Waals surface area contributed by atoms with E-state index in [0.717, 1.165) is 12.0 Å². The molecule has 2 N–H and O–H groups in total. The number of aryl methyl sites for hydroxylation is 1. The minimum absolute atomic E-state index is 0.257. The zero-order valence-electron chi connectivity index (χ0n) is 10.5. The van der Waals surface area contributed by atoms with E-state index in [1.54, 1.807) is 0 Å². The van der Waals surface area contributed by atoms with Crippen molar-refractivity contribution in [2.24, 2.45) is 5.11 Å². The molecule has 0 saturated carbocycles. The van der Waals surface area contributed by atoms with Gasteiger partial charge in [-0.25, -0.2) is 0 Å². The highest BCUT2D eigenvalue weighted by molar-refractivity contribution is 5.80. The molecule has 0 saturated heterocycles. The van der Waals surface area contributed by atoms with Gasteiger partial charge in [0.2, 0.25) is 0 Å². The molecule has 6 heteroatoms. The summed E-state index contributed by atoms with van der Waals surface area (Å²) in [6.45, 7) is 0.631. The van der Waals surface area contributed by atoms with Crippen LogP contribution in [0.5, 0.6) is 0 Å². The van der Waals surface area contributed by atoms with E-state index < -0.39 is 11.5 Å². The lowest BCUT2D eigenvalue weighted by Gasteiger charge is -2.35. The van der Waals surface area contributed by atoms with E-state index in [1.165, 1.54) is 5.56 Å². The first-order valence-electron chi connectivity index (χ1n) is 6.24. The average molecular weight is 260 g/mol. The van der Waals surface area contributed by atoms with Crippen LogP contribution in [0.3, 0.4) is 0 Å². The minimum atomic E-state index is -0.945. The molecule has 1 aliphatic carbocycles. The van der Waals surface area contributed by atoms with Crippen molar-refractivity contribution in [1.29, 1.82) is 0 Å². The number of azide groups is 1. The predicted octanol–water partition coefficient (Wildman–Crippen LogP) is 1.90. The van der Waals surface area contributed by atoms with Crippen molar-refractivity contribution in [2.75, 3.05) is 13.1 Å². The number of hydrogen-bond donors (Lipinski definition) is 2. The summed E-state index contributed by atoms with van der Waals surface area (Å²) in [6.07, 6.45) is 1.77. The number of nitrogens with one attached hydrogen (secondary N) is 1. The summed E-state index contributed by atoms with van der Waals surface area (Å²) in [5, 5.41) is 16.0. The van der Waals surface area contributed by atoms with Gasteiger partial charge in [0, 0.05) is 24.4 Å². The number of fused-ring (bicyclic) bond motifs is 1. The lowest BCUT2D eigenvalue weighted by atomic mass is 9.78. The number of carboxylic acids is 1. The monoisotopic (exact) mass is 260 g/mol. The zero-order chi connectivity index (χ0) is 13.7.